The van der Waals surface area contributed by atoms with Crippen LogP contribution >= 0.6 is 0 Å². The molecular weight excluding hydrogens is 250 g/mol. The summed E-state index contributed by atoms with van der Waals surface area (Å²) in [7, 11) is 0. The van der Waals surface area contributed by atoms with Gasteiger partial charge in [0.25, 0.3) is 0 Å². The number of carbonyl (C=O) groups excluding carboxylic acids is 2. The Balaban J connectivity index is 2.65. The zero-order chi connectivity index (χ0) is 14.6. The molecule has 0 aromatic heterocycles. The Morgan fingerprint density at radius 2 is 2.00 bits per heavy atom. The maximum Gasteiger partial charge on any atom is 0.326 e. The molecule has 0 aromatic carbocycles. The largest absolute Gasteiger partial charge is 0.480 e. The summed E-state index contributed by atoms with van der Waals surface area (Å²) < 4.78 is 0. The number of carboxylic acid groups (broad SMARTS) is 1. The minimum atomic E-state index is -1.27. The highest BCUT2D eigenvalue weighted by molar-refractivity contribution is 5.87. The summed E-state index contributed by atoms with van der Waals surface area (Å²) in [6.07, 6.45) is 1.54. The molecule has 0 spiro atoms. The number of piperidine rings is 1. The van der Waals surface area contributed by atoms with Crippen molar-refractivity contribution in [2.24, 2.45) is 11.7 Å². The summed E-state index contributed by atoms with van der Waals surface area (Å²) in [6, 6.07) is -1.65. The van der Waals surface area contributed by atoms with E-state index < -0.39 is 30.4 Å². The molecule has 2 unspecified atom stereocenters. The fourth-order valence-corrected chi connectivity index (χ4v) is 2.20. The lowest BCUT2D eigenvalue weighted by molar-refractivity contribution is -0.141. The lowest BCUT2D eigenvalue weighted by Crippen LogP contribution is -2.54. The topological polar surface area (TPSA) is 113 Å². The Bertz CT molecular complexity index is 372. The van der Waals surface area contributed by atoms with Crippen molar-refractivity contribution >= 4 is 17.9 Å². The van der Waals surface area contributed by atoms with Crippen molar-refractivity contribution in [2.45, 2.75) is 45.2 Å². The predicted octanol–water partition coefficient (Wildman–Crippen LogP) is 0.145. The van der Waals surface area contributed by atoms with E-state index in [4.69, 9.17) is 10.8 Å². The van der Waals surface area contributed by atoms with E-state index in [-0.39, 0.29) is 6.04 Å². The Morgan fingerprint density at radius 3 is 2.53 bits per heavy atom. The highest BCUT2D eigenvalue weighted by Crippen LogP contribution is 2.21. The first kappa shape index (κ1) is 15.3. The predicted molar refractivity (Wildman–Crippen MR) is 68.3 cm³/mol. The molecule has 0 bridgehead atoms. The number of primary amides is 1. The number of rotatable bonds is 4. The number of carboxylic acids is 1. The fraction of sp³-hybridized carbons (Fsp3) is 0.750. The highest BCUT2D eigenvalue weighted by Gasteiger charge is 2.30. The van der Waals surface area contributed by atoms with Gasteiger partial charge in [0.2, 0.25) is 5.91 Å². The molecule has 0 aromatic rings. The number of amides is 3. The van der Waals surface area contributed by atoms with Crippen LogP contribution in [-0.4, -0.2) is 46.5 Å². The molecule has 1 rings (SSSR count). The minimum Gasteiger partial charge on any atom is -0.480 e. The van der Waals surface area contributed by atoms with E-state index in [1.165, 1.54) is 0 Å². The summed E-state index contributed by atoms with van der Waals surface area (Å²) in [5.41, 5.74) is 4.97. The second-order valence-electron chi connectivity index (χ2n) is 5.19. The third-order valence-electron chi connectivity index (χ3n) is 3.38. The first-order valence-electron chi connectivity index (χ1n) is 6.39. The summed E-state index contributed by atoms with van der Waals surface area (Å²) in [5, 5.41) is 11.3. The number of urea groups is 1. The van der Waals surface area contributed by atoms with Gasteiger partial charge in [0, 0.05) is 12.6 Å². The Hall–Kier alpha value is -1.79. The van der Waals surface area contributed by atoms with E-state index >= 15 is 0 Å². The quantitative estimate of drug-likeness (QED) is 0.675. The van der Waals surface area contributed by atoms with Gasteiger partial charge in [-0.2, -0.15) is 0 Å². The first-order chi connectivity index (χ1) is 8.81. The van der Waals surface area contributed by atoms with Gasteiger partial charge in [0.05, 0.1) is 6.42 Å². The molecule has 0 saturated carbocycles. The molecule has 19 heavy (non-hydrogen) atoms. The van der Waals surface area contributed by atoms with E-state index in [2.05, 4.69) is 5.32 Å². The van der Waals surface area contributed by atoms with E-state index in [1.54, 1.807) is 4.90 Å². The van der Waals surface area contributed by atoms with Crippen LogP contribution in [0.5, 0.6) is 0 Å². The molecule has 1 aliphatic rings. The second kappa shape index (κ2) is 6.40. The molecule has 1 aliphatic heterocycles. The average Bonchev–Trinajstić information content (AvgIpc) is 2.30. The van der Waals surface area contributed by atoms with E-state index in [9.17, 15) is 14.4 Å². The lowest BCUT2D eigenvalue weighted by Gasteiger charge is -2.37. The Morgan fingerprint density at radius 1 is 1.37 bits per heavy atom. The number of carbonyl (C=O) groups is 3. The summed E-state index contributed by atoms with van der Waals surface area (Å²) in [6.45, 7) is 4.56. The minimum absolute atomic E-state index is 0.0687. The van der Waals surface area contributed by atoms with E-state index in [1.807, 2.05) is 13.8 Å². The van der Waals surface area contributed by atoms with Crippen LogP contribution in [0.15, 0.2) is 0 Å². The van der Waals surface area contributed by atoms with Crippen LogP contribution in [0, 0.1) is 5.92 Å². The molecule has 108 valence electrons. The molecule has 0 radical (unpaired) electrons. The van der Waals surface area contributed by atoms with Gasteiger partial charge >= 0.3 is 12.0 Å². The van der Waals surface area contributed by atoms with Gasteiger partial charge in [-0.25, -0.2) is 9.59 Å². The van der Waals surface area contributed by atoms with E-state index in [0.29, 0.717) is 12.5 Å². The first-order valence-corrected chi connectivity index (χ1v) is 6.39. The van der Waals surface area contributed by atoms with Crippen LogP contribution in [0.25, 0.3) is 0 Å². The van der Waals surface area contributed by atoms with Gasteiger partial charge in [0.15, 0.2) is 0 Å². The van der Waals surface area contributed by atoms with Gasteiger partial charge in [-0.15, -0.1) is 0 Å². The molecule has 1 saturated heterocycles. The third kappa shape index (κ3) is 4.42. The van der Waals surface area contributed by atoms with Crippen LogP contribution in [0.4, 0.5) is 4.79 Å². The SMILES string of the molecule is CC1CCC(C)N(C(=O)N[C@@H](CC(N)=O)C(=O)O)C1. The maximum atomic E-state index is 12.0. The second-order valence-corrected chi connectivity index (χ2v) is 5.19. The van der Waals surface area contributed by atoms with E-state index in [0.717, 1.165) is 12.8 Å². The van der Waals surface area contributed by atoms with Gasteiger partial charge in [-0.05, 0) is 25.7 Å². The van der Waals surface area contributed by atoms with Crippen LogP contribution in [0.1, 0.15) is 33.1 Å². The molecule has 3 amide bonds. The van der Waals surface area contributed by atoms with Crippen molar-refractivity contribution in [1.82, 2.24) is 10.2 Å². The molecular formula is C12H21N3O4. The molecule has 1 heterocycles. The fourth-order valence-electron chi connectivity index (χ4n) is 2.20. The molecule has 0 aliphatic carbocycles. The standard InChI is InChI=1S/C12H21N3O4/c1-7-3-4-8(2)15(6-7)12(19)14-9(11(17)18)5-10(13)16/h7-9H,3-6H2,1-2H3,(H2,13,16)(H,14,19)(H,17,18)/t7?,8?,9-/m0/s1. The van der Waals surface area contributed by atoms with Gasteiger partial charge < -0.3 is 21.1 Å². The monoisotopic (exact) mass is 271 g/mol. The van der Waals surface area contributed by atoms with Gasteiger partial charge in [0.1, 0.15) is 6.04 Å². The number of likely N-dealkylation sites (tertiary alicyclic amines) is 1. The summed E-state index contributed by atoms with van der Waals surface area (Å²) in [5.74, 6) is -1.63. The summed E-state index contributed by atoms with van der Waals surface area (Å²) in [4.78, 5) is 35.4. The normalized spacial score (nSPS) is 24.6. The lowest BCUT2D eigenvalue weighted by atomic mass is 9.95. The van der Waals surface area contributed by atoms with Gasteiger partial charge in [-0.1, -0.05) is 6.92 Å². The number of nitrogens with zero attached hydrogens (tertiary/aromatic N) is 1. The van der Waals surface area contributed by atoms with Crippen LogP contribution in [0.3, 0.4) is 0 Å². The van der Waals surface area contributed by atoms with Crippen molar-refractivity contribution in [3.63, 3.8) is 0 Å². The van der Waals surface area contributed by atoms with Crippen molar-refractivity contribution in [2.75, 3.05) is 6.54 Å². The maximum absolute atomic E-state index is 12.0. The number of nitrogens with two attached hydrogens (primary N) is 1. The molecule has 3 atom stereocenters. The Kier molecular flexibility index (Phi) is 5.14. The number of aliphatic carboxylic acids is 1. The number of nitrogens with one attached hydrogen (secondary N) is 1. The Labute approximate surface area is 112 Å². The zero-order valence-electron chi connectivity index (χ0n) is 11.3. The molecule has 1 fully saturated rings. The molecule has 4 N–H and O–H groups in total. The number of hydrogen-bond acceptors (Lipinski definition) is 3. The van der Waals surface area contributed by atoms with Crippen molar-refractivity contribution in [3.05, 3.63) is 0 Å². The highest BCUT2D eigenvalue weighted by atomic mass is 16.4. The van der Waals surface area contributed by atoms with Crippen molar-refractivity contribution < 1.29 is 19.5 Å². The van der Waals surface area contributed by atoms with Crippen molar-refractivity contribution in [1.29, 1.82) is 0 Å². The molecule has 7 nitrogen and oxygen atoms in total. The van der Waals surface area contributed by atoms with Crippen molar-refractivity contribution in [3.8, 4) is 0 Å². The van der Waals surface area contributed by atoms with Gasteiger partial charge in [-0.3, -0.25) is 4.79 Å². The number of hydrogen-bond donors (Lipinski definition) is 3. The average molecular weight is 271 g/mol. The third-order valence-corrected chi connectivity index (χ3v) is 3.38. The molecule has 7 heteroatoms. The smallest absolute Gasteiger partial charge is 0.326 e. The van der Waals surface area contributed by atoms with Crippen LogP contribution in [0.2, 0.25) is 0 Å². The summed E-state index contributed by atoms with van der Waals surface area (Å²) >= 11 is 0. The zero-order valence-corrected chi connectivity index (χ0v) is 11.3. The van der Waals surface area contributed by atoms with Crippen LogP contribution in [-0.2, 0) is 9.59 Å². The van der Waals surface area contributed by atoms with Crippen LogP contribution < -0.4 is 11.1 Å².